The highest BCUT2D eigenvalue weighted by Gasteiger charge is 2.23. The van der Waals surface area contributed by atoms with Gasteiger partial charge in [-0.2, -0.15) is 0 Å². The van der Waals surface area contributed by atoms with E-state index in [1.807, 2.05) is 6.92 Å². The van der Waals surface area contributed by atoms with Crippen LogP contribution in [0.1, 0.15) is 30.2 Å². The molecular weight excluding hydrogens is 366 g/mol. The Bertz CT molecular complexity index is 914. The zero-order valence-corrected chi connectivity index (χ0v) is 16.5. The molecule has 2 heterocycles. The molecular formula is C19H23N3O2S2. The maximum Gasteiger partial charge on any atom is 0.263 e. The van der Waals surface area contributed by atoms with Crippen molar-refractivity contribution in [2.24, 2.45) is 0 Å². The number of thioether (sulfide) groups is 1. The summed E-state index contributed by atoms with van der Waals surface area (Å²) in [5, 5.41) is 3.76. The first kappa shape index (κ1) is 18.9. The van der Waals surface area contributed by atoms with Crippen molar-refractivity contribution in [3.05, 3.63) is 46.1 Å². The Morgan fingerprint density at radius 1 is 1.38 bits per heavy atom. The van der Waals surface area contributed by atoms with E-state index in [1.54, 1.807) is 28.1 Å². The lowest BCUT2D eigenvalue weighted by Gasteiger charge is -2.15. The fourth-order valence-corrected chi connectivity index (χ4v) is 5.37. The van der Waals surface area contributed by atoms with Gasteiger partial charge in [0.25, 0.3) is 5.56 Å². The molecule has 3 rings (SSSR count). The Labute approximate surface area is 161 Å². The minimum absolute atomic E-state index is 0.0181. The summed E-state index contributed by atoms with van der Waals surface area (Å²) in [6.45, 7) is 9.99. The average Bonchev–Trinajstić information content (AvgIpc) is 3.01. The number of allylic oxidation sites excluding steroid dienone is 1. The number of aryl methyl sites for hydroxylation is 2. The van der Waals surface area contributed by atoms with Gasteiger partial charge >= 0.3 is 0 Å². The van der Waals surface area contributed by atoms with Gasteiger partial charge in [-0.25, -0.2) is 4.98 Å². The van der Waals surface area contributed by atoms with Crippen LogP contribution in [0, 0.1) is 0 Å². The van der Waals surface area contributed by atoms with Gasteiger partial charge in [-0.3, -0.25) is 14.2 Å². The number of hydrogen-bond acceptors (Lipinski definition) is 5. The lowest BCUT2D eigenvalue weighted by molar-refractivity contribution is -0.120. The monoisotopic (exact) mass is 389 g/mol. The summed E-state index contributed by atoms with van der Waals surface area (Å²) in [5.74, 6) is -0.0973. The van der Waals surface area contributed by atoms with Crippen molar-refractivity contribution in [3.63, 3.8) is 0 Å². The second kappa shape index (κ2) is 8.22. The quantitative estimate of drug-likeness (QED) is 0.448. The fraction of sp³-hybridized carbons (Fsp3) is 0.421. The first-order chi connectivity index (χ1) is 12.6. The third-order valence-corrected chi connectivity index (χ3v) is 6.70. The molecule has 0 saturated heterocycles. The number of nitrogens with one attached hydrogen (secondary N) is 1. The molecule has 2 aromatic rings. The molecule has 0 radical (unpaired) electrons. The number of rotatable bonds is 7. The summed E-state index contributed by atoms with van der Waals surface area (Å²) >= 11 is 2.93. The van der Waals surface area contributed by atoms with E-state index in [0.29, 0.717) is 18.2 Å². The minimum atomic E-state index is -0.357. The number of hydrogen-bond donors (Lipinski definition) is 1. The van der Waals surface area contributed by atoms with Crippen molar-refractivity contribution >= 4 is 39.2 Å². The van der Waals surface area contributed by atoms with Crippen LogP contribution in [0.4, 0.5) is 0 Å². The molecule has 5 nitrogen and oxygen atoms in total. The number of carbonyl (C=O) groups is 1. The van der Waals surface area contributed by atoms with Crippen LogP contribution >= 0.6 is 23.1 Å². The first-order valence-corrected chi connectivity index (χ1v) is 10.5. The molecule has 7 heteroatoms. The molecule has 0 aromatic carbocycles. The van der Waals surface area contributed by atoms with Crippen LogP contribution < -0.4 is 10.9 Å². The zero-order valence-electron chi connectivity index (χ0n) is 14.9. The summed E-state index contributed by atoms with van der Waals surface area (Å²) < 4.78 is 1.64. The number of nitrogens with zero attached hydrogens (tertiary/aromatic N) is 2. The van der Waals surface area contributed by atoms with Crippen molar-refractivity contribution < 1.29 is 4.79 Å². The second-order valence-corrected chi connectivity index (χ2v) is 8.68. The predicted molar refractivity (Wildman–Crippen MR) is 109 cm³/mol. The highest BCUT2D eigenvalue weighted by Crippen LogP contribution is 2.35. The first-order valence-electron chi connectivity index (χ1n) is 8.78. The zero-order chi connectivity index (χ0) is 18.7. The van der Waals surface area contributed by atoms with E-state index in [9.17, 15) is 9.59 Å². The highest BCUT2D eigenvalue weighted by atomic mass is 32.2. The van der Waals surface area contributed by atoms with Crippen LogP contribution in [-0.4, -0.2) is 27.3 Å². The van der Waals surface area contributed by atoms with Gasteiger partial charge in [-0.05, 0) is 38.2 Å². The second-order valence-electron chi connectivity index (χ2n) is 6.28. The Balaban J connectivity index is 2.02. The SMILES string of the molecule is C=CCNC(=O)[C@@H](C)Sc1nc2sc3c(c2c(=O)n1CC=C)CCCC3. The molecule has 26 heavy (non-hydrogen) atoms. The van der Waals surface area contributed by atoms with Gasteiger partial charge in [0.05, 0.1) is 10.6 Å². The van der Waals surface area contributed by atoms with Gasteiger partial charge in [0.15, 0.2) is 5.16 Å². The summed E-state index contributed by atoms with van der Waals surface area (Å²) in [7, 11) is 0. The van der Waals surface area contributed by atoms with Crippen molar-refractivity contribution in [1.82, 2.24) is 14.9 Å². The Morgan fingerprint density at radius 2 is 2.15 bits per heavy atom. The third kappa shape index (κ3) is 3.64. The minimum Gasteiger partial charge on any atom is -0.352 e. The molecule has 0 aliphatic heterocycles. The van der Waals surface area contributed by atoms with Crippen LogP contribution in [0.3, 0.4) is 0 Å². The summed E-state index contributed by atoms with van der Waals surface area (Å²) in [5.41, 5.74) is 1.16. The van der Waals surface area contributed by atoms with Gasteiger partial charge in [0.1, 0.15) is 4.83 Å². The molecule has 138 valence electrons. The summed E-state index contributed by atoms with van der Waals surface area (Å²) in [6, 6.07) is 0. The lowest BCUT2D eigenvalue weighted by Crippen LogP contribution is -2.32. The number of fused-ring (bicyclic) bond motifs is 3. The summed E-state index contributed by atoms with van der Waals surface area (Å²) in [6.07, 6.45) is 7.61. The van der Waals surface area contributed by atoms with E-state index in [0.717, 1.165) is 29.5 Å². The van der Waals surface area contributed by atoms with E-state index < -0.39 is 0 Å². The average molecular weight is 390 g/mol. The van der Waals surface area contributed by atoms with E-state index >= 15 is 0 Å². The van der Waals surface area contributed by atoms with Crippen molar-refractivity contribution in [2.45, 2.75) is 49.6 Å². The molecule has 1 N–H and O–H groups in total. The predicted octanol–water partition coefficient (Wildman–Crippen LogP) is 3.31. The van der Waals surface area contributed by atoms with Crippen LogP contribution in [-0.2, 0) is 24.2 Å². The third-order valence-electron chi connectivity index (χ3n) is 4.42. The van der Waals surface area contributed by atoms with Gasteiger partial charge in [-0.15, -0.1) is 24.5 Å². The van der Waals surface area contributed by atoms with E-state index in [2.05, 4.69) is 18.5 Å². The Kier molecular flexibility index (Phi) is 5.98. The number of aromatic nitrogens is 2. The van der Waals surface area contributed by atoms with E-state index in [-0.39, 0.29) is 16.7 Å². The molecule has 0 spiro atoms. The molecule has 2 aromatic heterocycles. The molecule has 0 saturated carbocycles. The maximum absolute atomic E-state index is 13.2. The standard InChI is InChI=1S/C19H23N3O2S2/c1-4-10-20-16(23)12(3)25-19-21-17-15(18(24)22(19)11-5-2)13-8-6-7-9-14(13)26-17/h4-5,12H,1-2,6-11H2,3H3,(H,20,23)/t12-/m1/s1. The molecule has 1 amide bonds. The van der Waals surface area contributed by atoms with Crippen LogP contribution in [0.2, 0.25) is 0 Å². The smallest absolute Gasteiger partial charge is 0.263 e. The van der Waals surface area contributed by atoms with Gasteiger partial charge in [-0.1, -0.05) is 23.9 Å². The molecule has 1 aliphatic rings. The molecule has 0 bridgehead atoms. The number of thiophene rings is 1. The van der Waals surface area contributed by atoms with Gasteiger partial charge in [0, 0.05) is 18.0 Å². The van der Waals surface area contributed by atoms with E-state index in [4.69, 9.17) is 4.98 Å². The topological polar surface area (TPSA) is 64.0 Å². The molecule has 1 atom stereocenters. The molecule has 0 unspecified atom stereocenters. The number of carbonyl (C=O) groups excluding carboxylic acids is 1. The van der Waals surface area contributed by atoms with Gasteiger partial charge < -0.3 is 5.32 Å². The van der Waals surface area contributed by atoms with Crippen molar-refractivity contribution in [3.8, 4) is 0 Å². The lowest BCUT2D eigenvalue weighted by atomic mass is 9.97. The van der Waals surface area contributed by atoms with Crippen LogP contribution in [0.25, 0.3) is 10.2 Å². The fourth-order valence-electron chi connectivity index (χ4n) is 3.13. The number of amides is 1. The summed E-state index contributed by atoms with van der Waals surface area (Å²) in [4.78, 5) is 32.2. The van der Waals surface area contributed by atoms with Gasteiger partial charge in [0.2, 0.25) is 5.91 Å². The Morgan fingerprint density at radius 3 is 2.88 bits per heavy atom. The van der Waals surface area contributed by atoms with Crippen LogP contribution in [0.15, 0.2) is 35.3 Å². The van der Waals surface area contributed by atoms with E-state index in [1.165, 1.54) is 28.6 Å². The maximum atomic E-state index is 13.2. The molecule has 0 fully saturated rings. The largest absolute Gasteiger partial charge is 0.352 e. The highest BCUT2D eigenvalue weighted by molar-refractivity contribution is 8.00. The van der Waals surface area contributed by atoms with Crippen molar-refractivity contribution in [1.29, 1.82) is 0 Å². The molecule has 1 aliphatic carbocycles. The van der Waals surface area contributed by atoms with Crippen LogP contribution in [0.5, 0.6) is 0 Å². The van der Waals surface area contributed by atoms with Crippen molar-refractivity contribution in [2.75, 3.05) is 6.54 Å². The normalized spacial score (nSPS) is 14.7. The Hall–Kier alpha value is -1.86.